The van der Waals surface area contributed by atoms with Crippen molar-refractivity contribution in [3.05, 3.63) is 46.7 Å². The number of nitrogens with one attached hydrogen (secondary N) is 2. The molecule has 0 unspecified atom stereocenters. The van der Waals surface area contributed by atoms with Crippen molar-refractivity contribution >= 4 is 31.6 Å². The summed E-state index contributed by atoms with van der Waals surface area (Å²) >= 11 is 2.80. The fraction of sp³-hybridized carbons (Fsp3) is 0. The third-order valence-electron chi connectivity index (χ3n) is 2.13. The Balaban J connectivity index is 2.39. The van der Waals surface area contributed by atoms with Gasteiger partial charge in [-0.1, -0.05) is 0 Å². The number of hydrogen-bond acceptors (Lipinski definition) is 2. The molecule has 0 bridgehead atoms. The average molecular weight is 337 g/mol. The number of sulfonamides is 1. The Labute approximate surface area is 110 Å². The normalized spacial score (nSPS) is 11.5. The summed E-state index contributed by atoms with van der Waals surface area (Å²) in [6, 6.07) is 2.92. The number of aromatic amines is 1. The van der Waals surface area contributed by atoms with Crippen LogP contribution in [0, 0.1) is 11.6 Å². The van der Waals surface area contributed by atoms with E-state index in [1.54, 1.807) is 0 Å². The van der Waals surface area contributed by atoms with Crippen molar-refractivity contribution in [1.82, 2.24) is 4.98 Å². The molecule has 0 aliphatic rings. The van der Waals surface area contributed by atoms with Crippen LogP contribution >= 0.6 is 15.9 Å². The van der Waals surface area contributed by atoms with Gasteiger partial charge in [0.2, 0.25) is 0 Å². The van der Waals surface area contributed by atoms with Gasteiger partial charge in [-0.15, -0.1) is 0 Å². The van der Waals surface area contributed by atoms with Crippen molar-refractivity contribution < 1.29 is 17.2 Å². The minimum absolute atomic E-state index is 0.0646. The molecule has 2 N–H and O–H groups in total. The van der Waals surface area contributed by atoms with Gasteiger partial charge in [0.25, 0.3) is 10.0 Å². The molecule has 2 aromatic rings. The molecule has 0 radical (unpaired) electrons. The molecule has 0 saturated heterocycles. The molecule has 4 nitrogen and oxygen atoms in total. The number of aromatic nitrogens is 1. The Morgan fingerprint density at radius 2 is 1.94 bits per heavy atom. The second kappa shape index (κ2) is 4.69. The highest BCUT2D eigenvalue weighted by Crippen LogP contribution is 2.25. The Hall–Kier alpha value is -1.41. The van der Waals surface area contributed by atoms with Crippen LogP contribution in [0.1, 0.15) is 0 Å². The lowest BCUT2D eigenvalue weighted by Crippen LogP contribution is -2.13. The molecule has 0 saturated carbocycles. The van der Waals surface area contributed by atoms with E-state index in [-0.39, 0.29) is 9.37 Å². The first-order chi connectivity index (χ1) is 8.40. The fourth-order valence-electron chi connectivity index (χ4n) is 1.28. The van der Waals surface area contributed by atoms with E-state index in [0.717, 1.165) is 12.1 Å². The summed E-state index contributed by atoms with van der Waals surface area (Å²) in [7, 11) is -3.93. The van der Waals surface area contributed by atoms with Gasteiger partial charge in [0, 0.05) is 18.5 Å². The SMILES string of the molecule is O=S(=O)(Nc1cc(F)c(Br)cc1F)c1cc[nH]c1. The van der Waals surface area contributed by atoms with Crippen molar-refractivity contribution in [1.29, 1.82) is 0 Å². The first-order valence-electron chi connectivity index (χ1n) is 4.70. The largest absolute Gasteiger partial charge is 0.366 e. The van der Waals surface area contributed by atoms with Crippen molar-refractivity contribution in [3.63, 3.8) is 0 Å². The Morgan fingerprint density at radius 1 is 1.22 bits per heavy atom. The van der Waals surface area contributed by atoms with Crippen molar-refractivity contribution in [3.8, 4) is 0 Å². The lowest BCUT2D eigenvalue weighted by Gasteiger charge is -2.08. The topological polar surface area (TPSA) is 62.0 Å². The molecule has 8 heteroatoms. The van der Waals surface area contributed by atoms with Crippen molar-refractivity contribution in [2.75, 3.05) is 4.72 Å². The molecule has 1 heterocycles. The fourth-order valence-corrected chi connectivity index (χ4v) is 2.63. The van der Waals surface area contributed by atoms with Crippen LogP contribution in [-0.4, -0.2) is 13.4 Å². The van der Waals surface area contributed by atoms with Crippen LogP contribution in [0.4, 0.5) is 14.5 Å². The molecule has 1 aromatic heterocycles. The predicted octanol–water partition coefficient (Wildman–Crippen LogP) is 2.86. The summed E-state index contributed by atoms with van der Waals surface area (Å²) in [4.78, 5) is 2.50. The van der Waals surface area contributed by atoms with Gasteiger partial charge in [0.15, 0.2) is 0 Å². The number of H-pyrrole nitrogens is 1. The average Bonchev–Trinajstić information content (AvgIpc) is 2.79. The van der Waals surface area contributed by atoms with Gasteiger partial charge in [-0.05, 0) is 28.1 Å². The maximum absolute atomic E-state index is 13.5. The summed E-state index contributed by atoms with van der Waals surface area (Å²) in [5.74, 6) is -1.63. The zero-order valence-electron chi connectivity index (χ0n) is 8.75. The first kappa shape index (κ1) is 13.0. The Kier molecular flexibility index (Phi) is 3.40. The summed E-state index contributed by atoms with van der Waals surface area (Å²) in [5, 5.41) is 0. The molecule has 0 aliphatic carbocycles. The van der Waals surface area contributed by atoms with Gasteiger partial charge in [0.1, 0.15) is 16.5 Å². The standard InChI is InChI=1S/C10H7BrF2N2O2S/c11-7-3-9(13)10(4-8(7)12)15-18(16,17)6-1-2-14-5-6/h1-5,14-15H. The number of anilines is 1. The monoisotopic (exact) mass is 336 g/mol. The maximum atomic E-state index is 13.5. The molecule has 96 valence electrons. The second-order valence-corrected chi connectivity index (χ2v) is 5.94. The maximum Gasteiger partial charge on any atom is 0.263 e. The van der Waals surface area contributed by atoms with E-state index in [9.17, 15) is 17.2 Å². The molecule has 2 rings (SSSR count). The highest BCUT2D eigenvalue weighted by molar-refractivity contribution is 9.10. The van der Waals surface area contributed by atoms with Gasteiger partial charge in [-0.3, -0.25) is 4.72 Å². The van der Waals surface area contributed by atoms with E-state index in [4.69, 9.17) is 0 Å². The minimum Gasteiger partial charge on any atom is -0.366 e. The van der Waals surface area contributed by atoms with Crippen LogP contribution in [0.25, 0.3) is 0 Å². The van der Waals surface area contributed by atoms with Crippen LogP contribution < -0.4 is 4.72 Å². The van der Waals surface area contributed by atoms with Gasteiger partial charge < -0.3 is 4.98 Å². The smallest absolute Gasteiger partial charge is 0.263 e. The van der Waals surface area contributed by atoms with Crippen LogP contribution in [-0.2, 0) is 10.0 Å². The Morgan fingerprint density at radius 3 is 2.56 bits per heavy atom. The van der Waals surface area contributed by atoms with Crippen LogP contribution in [0.5, 0.6) is 0 Å². The van der Waals surface area contributed by atoms with E-state index < -0.39 is 27.3 Å². The van der Waals surface area contributed by atoms with E-state index in [2.05, 4.69) is 20.9 Å². The molecule has 0 atom stereocenters. The highest BCUT2D eigenvalue weighted by atomic mass is 79.9. The number of halogens is 3. The van der Waals surface area contributed by atoms with Crippen LogP contribution in [0.2, 0.25) is 0 Å². The van der Waals surface area contributed by atoms with Gasteiger partial charge in [-0.25, -0.2) is 17.2 Å². The number of hydrogen-bond donors (Lipinski definition) is 2. The Bertz CT molecular complexity index is 671. The summed E-state index contributed by atoms with van der Waals surface area (Å²) < 4.78 is 52.1. The zero-order chi connectivity index (χ0) is 13.3. The lowest BCUT2D eigenvalue weighted by molar-refractivity contribution is 0.592. The summed E-state index contributed by atoms with van der Waals surface area (Å²) in [5.41, 5.74) is -0.447. The predicted molar refractivity (Wildman–Crippen MR) is 65.7 cm³/mol. The third kappa shape index (κ3) is 2.54. The second-order valence-electron chi connectivity index (χ2n) is 3.40. The lowest BCUT2D eigenvalue weighted by atomic mass is 10.3. The molecule has 0 aliphatic heterocycles. The molecule has 18 heavy (non-hydrogen) atoms. The molecule has 1 aromatic carbocycles. The van der Waals surface area contributed by atoms with Gasteiger partial charge in [-0.2, -0.15) is 0 Å². The summed E-state index contributed by atoms with van der Waals surface area (Å²) in [6.45, 7) is 0. The third-order valence-corrected chi connectivity index (χ3v) is 4.10. The zero-order valence-corrected chi connectivity index (χ0v) is 11.1. The molecule has 0 amide bonds. The van der Waals surface area contributed by atoms with Crippen LogP contribution in [0.3, 0.4) is 0 Å². The first-order valence-corrected chi connectivity index (χ1v) is 6.98. The van der Waals surface area contributed by atoms with Crippen molar-refractivity contribution in [2.45, 2.75) is 4.90 Å². The van der Waals surface area contributed by atoms with Gasteiger partial charge >= 0.3 is 0 Å². The quantitative estimate of drug-likeness (QED) is 0.846. The minimum atomic E-state index is -3.93. The highest BCUT2D eigenvalue weighted by Gasteiger charge is 2.18. The van der Waals surface area contributed by atoms with E-state index >= 15 is 0 Å². The van der Waals surface area contributed by atoms with E-state index in [1.165, 1.54) is 18.5 Å². The number of rotatable bonds is 3. The van der Waals surface area contributed by atoms with Crippen LogP contribution in [0.15, 0.2) is 40.0 Å². The molecular formula is C10H7BrF2N2O2S. The number of benzene rings is 1. The molecule has 0 fully saturated rings. The van der Waals surface area contributed by atoms with Crippen molar-refractivity contribution in [2.24, 2.45) is 0 Å². The molecular weight excluding hydrogens is 330 g/mol. The molecule has 0 spiro atoms. The van der Waals surface area contributed by atoms with E-state index in [0.29, 0.717) is 0 Å². The van der Waals surface area contributed by atoms with E-state index in [1.807, 2.05) is 4.72 Å². The summed E-state index contributed by atoms with van der Waals surface area (Å²) in [6.07, 6.45) is 2.64. The van der Waals surface area contributed by atoms with Gasteiger partial charge in [0.05, 0.1) is 10.2 Å².